The lowest BCUT2D eigenvalue weighted by Crippen LogP contribution is -2.50. The zero-order valence-electron chi connectivity index (χ0n) is 44.4. The van der Waals surface area contributed by atoms with Crippen molar-refractivity contribution in [2.24, 2.45) is 11.3 Å². The van der Waals surface area contributed by atoms with E-state index in [2.05, 4.69) is 31.6 Å². The Morgan fingerprint density at radius 3 is 2.28 bits per heavy atom. The highest BCUT2D eigenvalue weighted by Crippen LogP contribution is 2.41. The number of aliphatic hydroxyl groups excluding tert-OH is 1. The van der Waals surface area contributed by atoms with Gasteiger partial charge in [0.15, 0.2) is 11.5 Å². The number of hydrogen-bond donors (Lipinski definition) is 3. The first-order valence-corrected chi connectivity index (χ1v) is 27.7. The van der Waals surface area contributed by atoms with Crippen molar-refractivity contribution in [2.45, 2.75) is 111 Å². The molecule has 3 N–H and O–H groups in total. The van der Waals surface area contributed by atoms with Gasteiger partial charge >= 0.3 is 0 Å². The summed E-state index contributed by atoms with van der Waals surface area (Å²) in [5, 5.41) is 28.1. The Morgan fingerprint density at radius 1 is 0.895 bits per heavy atom. The molecule has 3 aromatic carbocycles. The Bertz CT molecular complexity index is 2880. The van der Waals surface area contributed by atoms with Crippen molar-refractivity contribution >= 4 is 80.3 Å². The van der Waals surface area contributed by atoms with Gasteiger partial charge in [0.05, 0.1) is 75.5 Å². The molecule has 0 aliphatic carbocycles. The number of nitrogens with one attached hydrogen (secondary N) is 2. The molecule has 0 radical (unpaired) electrons. The number of carbonyl (C=O) groups excluding carboxylic acids is 4. The number of aliphatic hydroxyl groups is 1. The summed E-state index contributed by atoms with van der Waals surface area (Å²) in [7, 11) is 3.07. The van der Waals surface area contributed by atoms with E-state index in [0.717, 1.165) is 73.4 Å². The fourth-order valence-corrected chi connectivity index (χ4v) is 11.2. The number of pyridine rings is 1. The minimum atomic E-state index is -0.826. The molecule has 19 heteroatoms. The third kappa shape index (κ3) is 14.9. The van der Waals surface area contributed by atoms with Crippen LogP contribution in [-0.2, 0) is 25.7 Å². The smallest absolute Gasteiger partial charge is 0.243 e. The summed E-state index contributed by atoms with van der Waals surface area (Å²) in [6.45, 7) is 12.3. The second-order valence-corrected chi connectivity index (χ2v) is 22.4. The molecule has 0 spiro atoms. The Labute approximate surface area is 460 Å². The lowest BCUT2D eigenvalue weighted by molar-refractivity contribution is -0.146. The quantitative estimate of drug-likeness (QED) is 0.0494. The number of piperazine rings is 1. The van der Waals surface area contributed by atoms with Crippen LogP contribution in [0.5, 0.6) is 17.2 Å². The number of hydrogen-bond acceptors (Lipinski definition) is 14. The third-order valence-corrected chi connectivity index (χ3v) is 15.9. The summed E-state index contributed by atoms with van der Waals surface area (Å²) >= 11 is 14.3. The van der Waals surface area contributed by atoms with E-state index in [1.54, 1.807) is 42.7 Å². The molecule has 406 valence electrons. The average Bonchev–Trinajstić information content (AvgIpc) is 4.03. The molecule has 0 bridgehead atoms. The topological polar surface area (TPSA) is 200 Å². The molecule has 2 aliphatic heterocycles. The monoisotopic (exact) mass is 1100 g/mol. The lowest BCUT2D eigenvalue weighted by Gasteiger charge is -2.34. The number of β-amino-alcohol motifs (C(OH)–C–C–N with tert-alkyl or cyclic N) is 1. The van der Waals surface area contributed by atoms with Crippen molar-refractivity contribution < 1.29 is 38.5 Å². The molecule has 3 amide bonds. The number of thiazole rings is 1. The van der Waals surface area contributed by atoms with Crippen LogP contribution in [0, 0.1) is 29.6 Å². The number of ketones is 1. The standard InChI is InChI=1S/C57H70Cl2N8O8S/c1-36-54(76-35-63-36)38-17-15-37(16-18-38)32-62-55(71)48-26-41(69)34-67(48)56(72)43(57(2,3)4)25-40(68)13-10-8-7-9-11-14-52(70)66-22-20-65(21-23-66)19-12-24-75-51-29-46-42(27-50(51)74-6)53(39(31-60)33-61-46)64-47-30-49(73-5)45(59)28-44(47)58/h15-18,27-30,33,35,41,43,48,69H,7-14,19-26,32,34H2,1-6H3,(H,61,64)(H,62,71)/t41-,43-,48+/m1/s1. The minimum Gasteiger partial charge on any atom is -0.495 e. The van der Waals surface area contributed by atoms with Crippen LogP contribution in [0.3, 0.4) is 0 Å². The molecule has 2 fully saturated rings. The van der Waals surface area contributed by atoms with Crippen molar-refractivity contribution in [1.82, 2.24) is 30.0 Å². The summed E-state index contributed by atoms with van der Waals surface area (Å²) in [6, 6.07) is 16.1. The minimum absolute atomic E-state index is 0.0136. The van der Waals surface area contributed by atoms with Gasteiger partial charge in [-0.25, -0.2) is 4.98 Å². The maximum atomic E-state index is 14.1. The van der Waals surface area contributed by atoms with E-state index in [1.807, 2.05) is 62.4 Å². The van der Waals surface area contributed by atoms with E-state index in [4.69, 9.17) is 37.4 Å². The molecular formula is C57H70Cl2N8O8S. The first kappa shape index (κ1) is 57.7. The SMILES string of the molecule is COc1cc(Nc2c(C#N)cnc3cc(OCCCN4CCN(C(=O)CCCCCCCC(=O)C[C@H](C(=O)N5C[C@H](O)C[C@H]5C(=O)NCc5ccc(-c6scnc6C)cc5)C(C)(C)C)CC4)c(OC)cc23)c(Cl)cc1Cl. The van der Waals surface area contributed by atoms with Crippen LogP contribution in [0.4, 0.5) is 11.4 Å². The predicted octanol–water partition coefficient (Wildman–Crippen LogP) is 10.1. The summed E-state index contributed by atoms with van der Waals surface area (Å²) in [4.78, 5) is 69.8. The number of halogens is 2. The Hall–Kier alpha value is -6.03. The highest BCUT2D eigenvalue weighted by atomic mass is 35.5. The first-order chi connectivity index (χ1) is 36.5. The number of aromatic nitrogens is 2. The number of amides is 3. The molecule has 2 aromatic heterocycles. The zero-order valence-corrected chi connectivity index (χ0v) is 46.7. The van der Waals surface area contributed by atoms with Gasteiger partial charge in [0.1, 0.15) is 23.6 Å². The number of fused-ring (bicyclic) bond motifs is 1. The molecule has 0 unspecified atom stereocenters. The van der Waals surface area contributed by atoms with E-state index in [-0.39, 0.29) is 49.4 Å². The summed E-state index contributed by atoms with van der Waals surface area (Å²) < 4.78 is 17.3. The molecule has 2 saturated heterocycles. The van der Waals surface area contributed by atoms with Crippen LogP contribution in [0.1, 0.15) is 102 Å². The Morgan fingerprint density at radius 2 is 1.61 bits per heavy atom. The van der Waals surface area contributed by atoms with Gasteiger partial charge < -0.3 is 39.8 Å². The molecule has 16 nitrogen and oxygen atoms in total. The number of benzene rings is 3. The maximum absolute atomic E-state index is 14.1. The number of unbranched alkanes of at least 4 members (excludes halogenated alkanes) is 4. The number of nitriles is 1. The van der Waals surface area contributed by atoms with Gasteiger partial charge in [-0.05, 0) is 54.9 Å². The molecule has 0 saturated carbocycles. The van der Waals surface area contributed by atoms with Crippen molar-refractivity contribution in [2.75, 3.05) is 65.4 Å². The van der Waals surface area contributed by atoms with Gasteiger partial charge in [-0.2, -0.15) is 5.26 Å². The number of ether oxygens (including phenoxy) is 3. The first-order valence-electron chi connectivity index (χ1n) is 26.1. The van der Waals surface area contributed by atoms with Gasteiger partial charge in [0.2, 0.25) is 17.7 Å². The lowest BCUT2D eigenvalue weighted by atomic mass is 9.76. The highest BCUT2D eigenvalue weighted by molar-refractivity contribution is 7.13. The fraction of sp³-hybridized carbons (Fsp3) is 0.491. The van der Waals surface area contributed by atoms with Crippen molar-refractivity contribution in [1.29, 1.82) is 5.26 Å². The average molecular weight is 1100 g/mol. The van der Waals surface area contributed by atoms with Crippen molar-refractivity contribution in [3.05, 3.63) is 87.1 Å². The largest absolute Gasteiger partial charge is 0.495 e. The highest BCUT2D eigenvalue weighted by Gasteiger charge is 2.44. The Balaban J connectivity index is 0.775. The van der Waals surface area contributed by atoms with Crippen LogP contribution in [0.2, 0.25) is 10.0 Å². The van der Waals surface area contributed by atoms with Crippen molar-refractivity contribution in [3.8, 4) is 33.8 Å². The predicted molar refractivity (Wildman–Crippen MR) is 298 cm³/mol. The molecule has 2 aliphatic rings. The van der Waals surface area contributed by atoms with Gasteiger partial charge in [0.25, 0.3) is 0 Å². The van der Waals surface area contributed by atoms with Gasteiger partial charge in [-0.1, -0.05) is 87.5 Å². The number of carbonyl (C=O) groups is 4. The second-order valence-electron chi connectivity index (χ2n) is 20.7. The second kappa shape index (κ2) is 26.8. The maximum Gasteiger partial charge on any atom is 0.243 e. The summed E-state index contributed by atoms with van der Waals surface area (Å²) in [5.74, 6) is 0.397. The van der Waals surface area contributed by atoms with Crippen LogP contribution in [0.15, 0.2) is 60.2 Å². The van der Waals surface area contributed by atoms with Crippen molar-refractivity contribution in [3.63, 3.8) is 0 Å². The summed E-state index contributed by atoms with van der Waals surface area (Å²) in [6.07, 6.45) is 6.67. The number of likely N-dealkylation sites (tertiary alicyclic amines) is 1. The molecular weight excluding hydrogens is 1030 g/mol. The fourth-order valence-electron chi connectivity index (χ4n) is 9.85. The third-order valence-electron chi connectivity index (χ3n) is 14.3. The summed E-state index contributed by atoms with van der Waals surface area (Å²) in [5.41, 5.74) is 6.14. The van der Waals surface area contributed by atoms with Crippen LogP contribution in [-0.4, -0.2) is 126 Å². The van der Waals surface area contributed by atoms with E-state index in [0.29, 0.717) is 94.1 Å². The number of methoxy groups -OCH3 is 2. The molecule has 4 heterocycles. The van der Waals surface area contributed by atoms with E-state index >= 15 is 0 Å². The Kier molecular flexibility index (Phi) is 20.4. The van der Waals surface area contributed by atoms with Gasteiger partial charge in [-0.15, -0.1) is 11.3 Å². The van der Waals surface area contributed by atoms with E-state index < -0.39 is 23.5 Å². The number of aryl methyl sites for hydroxylation is 1. The number of anilines is 2. The van der Waals surface area contributed by atoms with Crippen LogP contribution >= 0.6 is 34.5 Å². The number of nitrogens with zero attached hydrogens (tertiary/aromatic N) is 6. The molecule has 7 rings (SSSR count). The van der Waals surface area contributed by atoms with Crippen LogP contribution < -0.4 is 24.8 Å². The zero-order chi connectivity index (χ0) is 54.5. The molecule has 5 aromatic rings. The normalized spacial score (nSPS) is 16.3. The van der Waals surface area contributed by atoms with Gasteiger partial charge in [0, 0.05) is 101 Å². The number of Topliss-reactive ketones (excluding diaryl/α,β-unsaturated/α-hetero) is 1. The molecule has 3 atom stereocenters. The van der Waals surface area contributed by atoms with E-state index in [1.165, 1.54) is 18.2 Å². The molecule has 76 heavy (non-hydrogen) atoms. The van der Waals surface area contributed by atoms with Gasteiger partial charge in [-0.3, -0.25) is 29.1 Å². The number of rotatable bonds is 24. The van der Waals surface area contributed by atoms with E-state index in [9.17, 15) is 29.5 Å². The van der Waals surface area contributed by atoms with Crippen LogP contribution in [0.25, 0.3) is 21.3 Å².